The van der Waals surface area contributed by atoms with Gasteiger partial charge in [0, 0.05) is 13.1 Å². The quantitative estimate of drug-likeness (QED) is 0.860. The number of carbonyl (C=O) groups excluding carboxylic acids is 1. The second-order valence-corrected chi connectivity index (χ2v) is 4.81. The summed E-state index contributed by atoms with van der Waals surface area (Å²) in [5, 5.41) is 13.9. The average molecular weight is 287 g/mol. The summed E-state index contributed by atoms with van der Waals surface area (Å²) in [4.78, 5) is 12.1. The minimum absolute atomic E-state index is 0.0720. The molecule has 7 heteroatoms. The van der Waals surface area contributed by atoms with Gasteiger partial charge in [-0.2, -0.15) is 0 Å². The maximum atomic E-state index is 12.1. The predicted octanol–water partition coefficient (Wildman–Crippen LogP) is 0.584. The number of morpholine rings is 1. The Balaban J connectivity index is 1.68. The molecule has 1 unspecified atom stereocenters. The third-order valence-electron chi connectivity index (χ3n) is 3.26. The summed E-state index contributed by atoms with van der Waals surface area (Å²) >= 11 is 0. The van der Waals surface area contributed by atoms with Crippen molar-refractivity contribution in [2.45, 2.75) is 12.5 Å². The second kappa shape index (κ2) is 6.47. The molecule has 1 fully saturated rings. The van der Waals surface area contributed by atoms with Crippen LogP contribution in [0, 0.1) is 0 Å². The van der Waals surface area contributed by atoms with Gasteiger partial charge in [0.05, 0.1) is 42.9 Å². The molecule has 3 rings (SSSR count). The molecule has 1 aliphatic rings. The third kappa shape index (κ3) is 3.45. The van der Waals surface area contributed by atoms with Crippen molar-refractivity contribution in [1.29, 1.82) is 0 Å². The second-order valence-electron chi connectivity index (χ2n) is 4.81. The third-order valence-corrected chi connectivity index (χ3v) is 3.26. The number of hydrogen-bond acceptors (Lipinski definition) is 5. The Labute approximate surface area is 122 Å². The highest BCUT2D eigenvalue weighted by Gasteiger charge is 2.18. The van der Waals surface area contributed by atoms with Crippen molar-refractivity contribution in [1.82, 2.24) is 20.3 Å². The number of nitrogens with zero attached hydrogens (tertiary/aromatic N) is 3. The molecular formula is C14H17N5O2. The summed E-state index contributed by atoms with van der Waals surface area (Å²) in [6, 6.07) is 7.48. The van der Waals surface area contributed by atoms with Gasteiger partial charge in [0.25, 0.3) is 0 Å². The number of hydrogen-bond donors (Lipinski definition) is 2. The minimum Gasteiger partial charge on any atom is -0.375 e. The van der Waals surface area contributed by atoms with Gasteiger partial charge in [0.1, 0.15) is 0 Å². The van der Waals surface area contributed by atoms with Crippen molar-refractivity contribution >= 4 is 11.6 Å². The van der Waals surface area contributed by atoms with Crippen LogP contribution < -0.4 is 10.6 Å². The summed E-state index contributed by atoms with van der Waals surface area (Å²) in [6.07, 6.45) is 3.59. The molecule has 2 N–H and O–H groups in total. The molecule has 1 amide bonds. The van der Waals surface area contributed by atoms with Crippen LogP contribution in [-0.2, 0) is 9.53 Å². The van der Waals surface area contributed by atoms with Gasteiger partial charge in [-0.05, 0) is 12.1 Å². The van der Waals surface area contributed by atoms with E-state index < -0.39 is 0 Å². The van der Waals surface area contributed by atoms with E-state index in [2.05, 4.69) is 20.9 Å². The number of para-hydroxylation sites is 2. The first-order valence-electron chi connectivity index (χ1n) is 6.91. The van der Waals surface area contributed by atoms with Gasteiger partial charge in [-0.15, -0.1) is 5.10 Å². The fourth-order valence-electron chi connectivity index (χ4n) is 2.27. The Kier molecular flexibility index (Phi) is 4.23. The van der Waals surface area contributed by atoms with Crippen molar-refractivity contribution in [3.8, 4) is 5.69 Å². The highest BCUT2D eigenvalue weighted by molar-refractivity contribution is 5.93. The van der Waals surface area contributed by atoms with Crippen LogP contribution >= 0.6 is 0 Å². The van der Waals surface area contributed by atoms with E-state index in [1.165, 1.54) is 0 Å². The number of carbonyl (C=O) groups is 1. The normalized spacial score (nSPS) is 18.4. The van der Waals surface area contributed by atoms with Gasteiger partial charge in [0.15, 0.2) is 0 Å². The van der Waals surface area contributed by atoms with Crippen LogP contribution in [0.5, 0.6) is 0 Å². The smallest absolute Gasteiger partial charge is 0.227 e. The maximum absolute atomic E-state index is 12.1. The largest absolute Gasteiger partial charge is 0.375 e. The summed E-state index contributed by atoms with van der Waals surface area (Å²) < 4.78 is 7.16. The molecule has 1 aromatic heterocycles. The van der Waals surface area contributed by atoms with E-state index >= 15 is 0 Å². The molecular weight excluding hydrogens is 270 g/mol. The molecule has 0 saturated carbocycles. The molecule has 1 aliphatic heterocycles. The Morgan fingerprint density at radius 3 is 3.14 bits per heavy atom. The van der Waals surface area contributed by atoms with E-state index in [0.29, 0.717) is 25.3 Å². The molecule has 0 aliphatic carbocycles. The molecule has 1 atom stereocenters. The number of anilines is 1. The average Bonchev–Trinajstić information content (AvgIpc) is 3.03. The lowest BCUT2D eigenvalue weighted by Crippen LogP contribution is -2.40. The Morgan fingerprint density at radius 1 is 1.48 bits per heavy atom. The SMILES string of the molecule is O=C(CC1CNCCO1)Nc1ccccc1-n1ccnn1. The zero-order chi connectivity index (χ0) is 14.5. The molecule has 0 radical (unpaired) electrons. The van der Waals surface area contributed by atoms with Gasteiger partial charge in [-0.3, -0.25) is 4.79 Å². The summed E-state index contributed by atoms with van der Waals surface area (Å²) in [7, 11) is 0. The van der Waals surface area contributed by atoms with Gasteiger partial charge in [0.2, 0.25) is 5.91 Å². The van der Waals surface area contributed by atoms with Gasteiger partial charge >= 0.3 is 0 Å². The van der Waals surface area contributed by atoms with E-state index in [-0.39, 0.29) is 12.0 Å². The standard InChI is InChI=1S/C14H17N5O2/c20-14(9-11-10-15-6-8-21-11)17-12-3-1-2-4-13(12)19-7-5-16-18-19/h1-5,7,11,15H,6,8-10H2,(H,17,20). The first-order chi connectivity index (χ1) is 10.3. The monoisotopic (exact) mass is 287 g/mol. The highest BCUT2D eigenvalue weighted by Crippen LogP contribution is 2.19. The molecule has 0 spiro atoms. The molecule has 7 nitrogen and oxygen atoms in total. The van der Waals surface area contributed by atoms with E-state index in [1.807, 2.05) is 24.3 Å². The number of amides is 1. The molecule has 2 aromatic rings. The summed E-state index contributed by atoms with van der Waals surface area (Å²) in [5.41, 5.74) is 1.49. The fourth-order valence-corrected chi connectivity index (χ4v) is 2.27. The van der Waals surface area contributed by atoms with Crippen LogP contribution in [-0.4, -0.2) is 46.7 Å². The lowest BCUT2D eigenvalue weighted by molar-refractivity contribution is -0.119. The van der Waals surface area contributed by atoms with E-state index in [1.54, 1.807) is 17.1 Å². The maximum Gasteiger partial charge on any atom is 0.227 e. The van der Waals surface area contributed by atoms with Crippen molar-refractivity contribution in [2.75, 3.05) is 25.0 Å². The van der Waals surface area contributed by atoms with Gasteiger partial charge in [-0.1, -0.05) is 17.3 Å². The number of rotatable bonds is 4. The number of nitrogens with one attached hydrogen (secondary N) is 2. The lowest BCUT2D eigenvalue weighted by Gasteiger charge is -2.23. The Bertz CT molecular complexity index is 593. The topological polar surface area (TPSA) is 81.1 Å². The molecule has 1 aromatic carbocycles. The molecule has 21 heavy (non-hydrogen) atoms. The van der Waals surface area contributed by atoms with E-state index in [4.69, 9.17) is 4.74 Å². The molecule has 2 heterocycles. The Hall–Kier alpha value is -2.25. The summed E-state index contributed by atoms with van der Waals surface area (Å²) in [6.45, 7) is 2.19. The van der Waals surface area contributed by atoms with Crippen molar-refractivity contribution in [3.63, 3.8) is 0 Å². The fraction of sp³-hybridized carbons (Fsp3) is 0.357. The zero-order valence-electron chi connectivity index (χ0n) is 11.5. The lowest BCUT2D eigenvalue weighted by atomic mass is 10.2. The van der Waals surface area contributed by atoms with Gasteiger partial charge < -0.3 is 15.4 Å². The van der Waals surface area contributed by atoms with Crippen molar-refractivity contribution < 1.29 is 9.53 Å². The first kappa shape index (κ1) is 13.7. The first-order valence-corrected chi connectivity index (χ1v) is 6.91. The van der Waals surface area contributed by atoms with Crippen LogP contribution in [0.4, 0.5) is 5.69 Å². The van der Waals surface area contributed by atoms with Crippen molar-refractivity contribution in [3.05, 3.63) is 36.7 Å². The predicted molar refractivity (Wildman–Crippen MR) is 77.2 cm³/mol. The van der Waals surface area contributed by atoms with E-state index in [9.17, 15) is 4.79 Å². The van der Waals surface area contributed by atoms with Crippen LogP contribution in [0.2, 0.25) is 0 Å². The number of ether oxygens (including phenoxy) is 1. The van der Waals surface area contributed by atoms with E-state index in [0.717, 1.165) is 12.2 Å². The molecule has 110 valence electrons. The number of aromatic nitrogens is 3. The van der Waals surface area contributed by atoms with Crippen molar-refractivity contribution in [2.24, 2.45) is 0 Å². The van der Waals surface area contributed by atoms with Crippen LogP contribution in [0.1, 0.15) is 6.42 Å². The molecule has 1 saturated heterocycles. The van der Waals surface area contributed by atoms with Gasteiger partial charge in [-0.25, -0.2) is 4.68 Å². The Morgan fingerprint density at radius 2 is 2.38 bits per heavy atom. The minimum atomic E-state index is -0.0729. The van der Waals surface area contributed by atoms with Crippen LogP contribution in [0.15, 0.2) is 36.7 Å². The van der Waals surface area contributed by atoms with Crippen LogP contribution in [0.25, 0.3) is 5.69 Å². The zero-order valence-corrected chi connectivity index (χ0v) is 11.5. The highest BCUT2D eigenvalue weighted by atomic mass is 16.5. The summed E-state index contributed by atoms with van der Waals surface area (Å²) in [5.74, 6) is -0.0729. The number of benzene rings is 1. The molecule has 0 bridgehead atoms. The van der Waals surface area contributed by atoms with Crippen LogP contribution in [0.3, 0.4) is 0 Å².